The van der Waals surface area contributed by atoms with Crippen molar-refractivity contribution in [2.75, 3.05) is 0 Å². The largest absolute Gasteiger partial charge is 0.508 e. The van der Waals surface area contributed by atoms with Gasteiger partial charge < -0.3 is 14.9 Å². The normalized spacial score (nSPS) is 12.6. The molecule has 1 heterocycles. The minimum Gasteiger partial charge on any atom is -0.508 e. The molecule has 0 atom stereocenters. The summed E-state index contributed by atoms with van der Waals surface area (Å²) in [6.07, 6.45) is 0.595. The number of benzene rings is 3. The molecule has 3 nitrogen and oxygen atoms in total. The van der Waals surface area contributed by atoms with Crippen molar-refractivity contribution >= 4 is 10.8 Å². The van der Waals surface area contributed by atoms with Crippen LogP contribution in [0, 0.1) is 0 Å². The van der Waals surface area contributed by atoms with Gasteiger partial charge in [0.05, 0.1) is 0 Å². The Morgan fingerprint density at radius 3 is 2.60 bits per heavy atom. The molecule has 3 aromatic carbocycles. The maximum absolute atomic E-state index is 9.99. The van der Waals surface area contributed by atoms with Crippen molar-refractivity contribution in [1.29, 1.82) is 0 Å². The Morgan fingerprint density at radius 1 is 0.850 bits per heavy atom. The molecule has 1 aliphatic heterocycles. The third kappa shape index (κ3) is 1.53. The maximum Gasteiger partial charge on any atom is 0.138 e. The minimum absolute atomic E-state index is 0.00508. The predicted octanol–water partition coefficient (Wildman–Crippen LogP) is 3.95. The first-order chi connectivity index (χ1) is 9.72. The van der Waals surface area contributed by atoms with Crippen molar-refractivity contribution < 1.29 is 14.9 Å². The van der Waals surface area contributed by atoms with Gasteiger partial charge in [-0.25, -0.2) is 0 Å². The summed E-state index contributed by atoms with van der Waals surface area (Å²) < 4.78 is 5.83. The van der Waals surface area contributed by atoms with Crippen LogP contribution < -0.4 is 4.74 Å². The van der Waals surface area contributed by atoms with Crippen molar-refractivity contribution in [2.45, 2.75) is 6.42 Å². The Kier molecular flexibility index (Phi) is 2.18. The fourth-order valence-electron chi connectivity index (χ4n) is 2.77. The molecular weight excluding hydrogens is 252 g/mol. The average Bonchev–Trinajstić information content (AvgIpc) is 2.45. The number of fused-ring (bicyclic) bond motifs is 4. The number of hydrogen-bond acceptors (Lipinski definition) is 3. The van der Waals surface area contributed by atoms with Gasteiger partial charge in [0.25, 0.3) is 0 Å². The van der Waals surface area contributed by atoms with Crippen LogP contribution in [0.2, 0.25) is 0 Å². The second-order valence-corrected chi connectivity index (χ2v) is 4.98. The molecule has 0 fully saturated rings. The predicted molar refractivity (Wildman–Crippen MR) is 76.6 cm³/mol. The van der Waals surface area contributed by atoms with Gasteiger partial charge in [0.15, 0.2) is 0 Å². The third-order valence-corrected chi connectivity index (χ3v) is 3.74. The minimum atomic E-state index is 0.00508. The Labute approximate surface area is 115 Å². The van der Waals surface area contributed by atoms with Crippen molar-refractivity contribution in [3.63, 3.8) is 0 Å². The van der Waals surface area contributed by atoms with Gasteiger partial charge in [0.2, 0.25) is 0 Å². The van der Waals surface area contributed by atoms with E-state index in [0.717, 1.165) is 22.1 Å². The molecule has 0 unspecified atom stereocenters. The summed E-state index contributed by atoms with van der Waals surface area (Å²) in [5, 5.41) is 21.8. The van der Waals surface area contributed by atoms with Crippen LogP contribution in [-0.2, 0) is 6.42 Å². The Morgan fingerprint density at radius 2 is 1.70 bits per heavy atom. The lowest BCUT2D eigenvalue weighted by molar-refractivity contribution is 0.416. The summed E-state index contributed by atoms with van der Waals surface area (Å²) in [5.74, 6) is 1.37. The number of aromatic hydroxyl groups is 2. The fourth-order valence-corrected chi connectivity index (χ4v) is 2.77. The van der Waals surface area contributed by atoms with Gasteiger partial charge in [0, 0.05) is 29.7 Å². The number of ether oxygens (including phenoxy) is 1. The lowest BCUT2D eigenvalue weighted by Gasteiger charge is -2.22. The number of rotatable bonds is 0. The first-order valence-corrected chi connectivity index (χ1v) is 6.46. The first kappa shape index (κ1) is 11.2. The number of phenolic OH excluding ortho intramolecular Hbond substituents is 2. The Bertz CT molecular complexity index is 837. The average molecular weight is 264 g/mol. The first-order valence-electron chi connectivity index (χ1n) is 6.46. The van der Waals surface area contributed by atoms with E-state index < -0.39 is 0 Å². The second kappa shape index (κ2) is 3.90. The van der Waals surface area contributed by atoms with Gasteiger partial charge in [-0.05, 0) is 16.8 Å². The molecule has 0 aliphatic carbocycles. The number of phenols is 2. The van der Waals surface area contributed by atoms with Gasteiger partial charge in [-0.1, -0.05) is 30.3 Å². The zero-order chi connectivity index (χ0) is 13.7. The summed E-state index contributed by atoms with van der Waals surface area (Å²) in [6, 6.07) is 14.9. The van der Waals surface area contributed by atoms with Gasteiger partial charge in [-0.15, -0.1) is 0 Å². The van der Waals surface area contributed by atoms with Crippen LogP contribution in [0.1, 0.15) is 11.1 Å². The molecular formula is C17H12O3. The highest BCUT2D eigenvalue weighted by Gasteiger charge is 2.22. The van der Waals surface area contributed by atoms with Crippen LogP contribution in [0.5, 0.6) is 23.0 Å². The van der Waals surface area contributed by atoms with Crippen LogP contribution in [0.15, 0.2) is 48.5 Å². The maximum atomic E-state index is 9.99. The SMILES string of the molecule is Oc1cc(O)c2c(c1)Oc1ccc3ccccc3c1C2. The zero-order valence-corrected chi connectivity index (χ0v) is 10.6. The van der Waals surface area contributed by atoms with Crippen molar-refractivity contribution in [1.82, 2.24) is 0 Å². The summed E-state index contributed by atoms with van der Waals surface area (Å²) >= 11 is 0. The van der Waals surface area contributed by atoms with E-state index in [-0.39, 0.29) is 11.5 Å². The monoisotopic (exact) mass is 264 g/mol. The van der Waals surface area contributed by atoms with Crippen molar-refractivity contribution in [3.05, 3.63) is 59.7 Å². The van der Waals surface area contributed by atoms with Crippen molar-refractivity contribution in [3.8, 4) is 23.0 Å². The lowest BCUT2D eigenvalue weighted by Crippen LogP contribution is -2.04. The van der Waals surface area contributed by atoms with Gasteiger partial charge >= 0.3 is 0 Å². The van der Waals surface area contributed by atoms with E-state index >= 15 is 0 Å². The molecule has 0 aromatic heterocycles. The molecule has 2 N–H and O–H groups in total. The van der Waals surface area contributed by atoms with Gasteiger partial charge in [0.1, 0.15) is 23.0 Å². The van der Waals surface area contributed by atoms with E-state index in [0.29, 0.717) is 17.7 Å². The van der Waals surface area contributed by atoms with Crippen LogP contribution in [0.4, 0.5) is 0 Å². The molecule has 3 heteroatoms. The smallest absolute Gasteiger partial charge is 0.138 e. The summed E-state index contributed by atoms with van der Waals surface area (Å²) in [7, 11) is 0. The van der Waals surface area contributed by atoms with Gasteiger partial charge in [-0.2, -0.15) is 0 Å². The molecule has 1 aliphatic rings. The summed E-state index contributed by atoms with van der Waals surface area (Å²) in [4.78, 5) is 0. The van der Waals surface area contributed by atoms with Gasteiger partial charge in [-0.3, -0.25) is 0 Å². The van der Waals surface area contributed by atoms with E-state index in [4.69, 9.17) is 4.74 Å². The van der Waals surface area contributed by atoms with Crippen LogP contribution in [0.25, 0.3) is 10.8 Å². The molecule has 0 saturated carbocycles. The van der Waals surface area contributed by atoms with E-state index in [1.807, 2.05) is 24.3 Å². The zero-order valence-electron chi connectivity index (χ0n) is 10.6. The van der Waals surface area contributed by atoms with Crippen LogP contribution in [-0.4, -0.2) is 10.2 Å². The molecule has 0 spiro atoms. The van der Waals surface area contributed by atoms with E-state index in [2.05, 4.69) is 12.1 Å². The molecule has 4 rings (SSSR count). The number of hydrogen-bond donors (Lipinski definition) is 2. The molecule has 0 bridgehead atoms. The molecule has 0 amide bonds. The third-order valence-electron chi connectivity index (χ3n) is 3.74. The fraction of sp³-hybridized carbons (Fsp3) is 0.0588. The highest BCUT2D eigenvalue weighted by atomic mass is 16.5. The highest BCUT2D eigenvalue weighted by Crippen LogP contribution is 2.44. The summed E-state index contributed by atoms with van der Waals surface area (Å²) in [6.45, 7) is 0. The molecule has 3 aromatic rings. The van der Waals surface area contributed by atoms with Crippen LogP contribution in [0.3, 0.4) is 0 Å². The topological polar surface area (TPSA) is 49.7 Å². The lowest BCUT2D eigenvalue weighted by atomic mass is 9.94. The Hall–Kier alpha value is -2.68. The summed E-state index contributed by atoms with van der Waals surface area (Å²) in [5.41, 5.74) is 1.78. The van der Waals surface area contributed by atoms with E-state index in [1.165, 1.54) is 12.1 Å². The van der Waals surface area contributed by atoms with E-state index in [1.54, 1.807) is 0 Å². The second-order valence-electron chi connectivity index (χ2n) is 4.98. The quantitative estimate of drug-likeness (QED) is 0.505. The Balaban J connectivity index is 1.96. The molecule has 0 saturated heterocycles. The highest BCUT2D eigenvalue weighted by molar-refractivity contribution is 5.89. The van der Waals surface area contributed by atoms with E-state index in [9.17, 15) is 10.2 Å². The standard InChI is InChI=1S/C17H12O3/c18-11-7-15(19)14-9-13-12-4-2-1-3-10(12)5-6-16(13)20-17(14)8-11/h1-8,18-19H,9H2. The molecule has 20 heavy (non-hydrogen) atoms. The van der Waals surface area contributed by atoms with Crippen LogP contribution >= 0.6 is 0 Å². The molecule has 0 radical (unpaired) electrons. The van der Waals surface area contributed by atoms with Crippen molar-refractivity contribution in [2.24, 2.45) is 0 Å². The molecule has 98 valence electrons.